The molecule has 0 amide bonds. The van der Waals surface area contributed by atoms with E-state index in [9.17, 15) is 8.42 Å². The van der Waals surface area contributed by atoms with E-state index in [-0.39, 0.29) is 12.0 Å². The average molecular weight is 239 g/mol. The molecule has 4 heteroatoms. The van der Waals surface area contributed by atoms with Crippen LogP contribution in [0.5, 0.6) is 0 Å². The predicted molar refractivity (Wildman–Crippen MR) is 66.5 cm³/mol. The summed E-state index contributed by atoms with van der Waals surface area (Å²) in [5.41, 5.74) is 0.945. The van der Waals surface area contributed by atoms with Crippen molar-refractivity contribution in [3.63, 3.8) is 0 Å². The van der Waals surface area contributed by atoms with E-state index in [1.165, 1.54) is 6.26 Å². The second-order valence-corrected chi connectivity index (χ2v) is 5.65. The van der Waals surface area contributed by atoms with Crippen LogP contribution in [0.25, 0.3) is 0 Å². The van der Waals surface area contributed by atoms with Crippen LogP contribution in [-0.2, 0) is 10.0 Å². The highest BCUT2D eigenvalue weighted by Gasteiger charge is 2.20. The molecule has 0 bridgehead atoms. The number of hydrogen-bond acceptors (Lipinski definition) is 2. The van der Waals surface area contributed by atoms with E-state index in [0.717, 1.165) is 5.56 Å². The van der Waals surface area contributed by atoms with Crippen molar-refractivity contribution in [1.29, 1.82) is 0 Å². The van der Waals surface area contributed by atoms with E-state index < -0.39 is 10.0 Å². The summed E-state index contributed by atoms with van der Waals surface area (Å²) in [6.45, 7) is 5.64. The fourth-order valence-corrected chi connectivity index (χ4v) is 2.32. The normalized spacial score (nSPS) is 15.4. The van der Waals surface area contributed by atoms with Gasteiger partial charge in [-0.3, -0.25) is 0 Å². The van der Waals surface area contributed by atoms with Gasteiger partial charge in [0.2, 0.25) is 10.0 Å². The van der Waals surface area contributed by atoms with Gasteiger partial charge in [0.1, 0.15) is 0 Å². The van der Waals surface area contributed by atoms with Crippen molar-refractivity contribution in [2.24, 2.45) is 5.92 Å². The van der Waals surface area contributed by atoms with E-state index in [2.05, 4.69) is 11.3 Å². The Bertz CT molecular complexity index is 439. The van der Waals surface area contributed by atoms with Gasteiger partial charge in [0.05, 0.1) is 12.3 Å². The van der Waals surface area contributed by atoms with Crippen LogP contribution in [0.4, 0.5) is 0 Å². The molecule has 0 saturated heterocycles. The Hall–Kier alpha value is -1.13. The molecule has 0 aliphatic heterocycles. The third-order valence-corrected chi connectivity index (χ3v) is 3.08. The first-order valence-electron chi connectivity index (χ1n) is 5.09. The molecule has 1 aromatic rings. The van der Waals surface area contributed by atoms with Gasteiger partial charge in [-0.15, -0.1) is 6.58 Å². The zero-order chi connectivity index (χ0) is 12.2. The maximum absolute atomic E-state index is 11.3. The summed E-state index contributed by atoms with van der Waals surface area (Å²) >= 11 is 0. The summed E-state index contributed by atoms with van der Waals surface area (Å²) in [5.74, 6) is 0.0390. The van der Waals surface area contributed by atoms with Gasteiger partial charge < -0.3 is 0 Å². The van der Waals surface area contributed by atoms with Gasteiger partial charge in [-0.1, -0.05) is 43.3 Å². The van der Waals surface area contributed by atoms with Crippen LogP contribution < -0.4 is 4.72 Å². The number of rotatable bonds is 5. The van der Waals surface area contributed by atoms with Gasteiger partial charge in [-0.2, -0.15) is 0 Å². The van der Waals surface area contributed by atoms with Gasteiger partial charge in [-0.25, -0.2) is 13.1 Å². The van der Waals surface area contributed by atoms with Gasteiger partial charge in [0, 0.05) is 0 Å². The Morgan fingerprint density at radius 2 is 1.88 bits per heavy atom. The molecule has 88 valence electrons. The molecule has 2 atom stereocenters. The minimum Gasteiger partial charge on any atom is -0.213 e. The second kappa shape index (κ2) is 5.27. The lowest BCUT2D eigenvalue weighted by molar-refractivity contribution is 0.501. The van der Waals surface area contributed by atoms with E-state index >= 15 is 0 Å². The number of hydrogen-bond donors (Lipinski definition) is 1. The van der Waals surface area contributed by atoms with Gasteiger partial charge in [0.25, 0.3) is 0 Å². The first-order valence-corrected chi connectivity index (χ1v) is 6.98. The lowest BCUT2D eigenvalue weighted by Crippen LogP contribution is -2.31. The maximum atomic E-state index is 11.3. The molecule has 0 fully saturated rings. The van der Waals surface area contributed by atoms with Crippen LogP contribution in [0.3, 0.4) is 0 Å². The van der Waals surface area contributed by atoms with Gasteiger partial charge >= 0.3 is 0 Å². The molecule has 0 aliphatic carbocycles. The van der Waals surface area contributed by atoms with Crippen LogP contribution in [-0.4, -0.2) is 14.7 Å². The highest BCUT2D eigenvalue weighted by atomic mass is 32.2. The summed E-state index contributed by atoms with van der Waals surface area (Å²) in [6, 6.07) is 9.24. The summed E-state index contributed by atoms with van der Waals surface area (Å²) in [5, 5.41) is 0. The Morgan fingerprint density at radius 3 is 2.31 bits per heavy atom. The van der Waals surface area contributed by atoms with Crippen LogP contribution in [0.1, 0.15) is 18.5 Å². The molecule has 0 radical (unpaired) electrons. The van der Waals surface area contributed by atoms with Crippen LogP contribution in [0, 0.1) is 5.92 Å². The predicted octanol–water partition coefficient (Wildman–Crippen LogP) is 2.10. The Kier molecular flexibility index (Phi) is 4.26. The molecule has 1 rings (SSSR count). The first-order chi connectivity index (χ1) is 7.44. The first kappa shape index (κ1) is 12.9. The van der Waals surface area contributed by atoms with Crippen LogP contribution in [0.2, 0.25) is 0 Å². The smallest absolute Gasteiger partial charge is 0.209 e. The van der Waals surface area contributed by atoms with E-state index in [1.54, 1.807) is 6.08 Å². The van der Waals surface area contributed by atoms with Crippen molar-refractivity contribution in [3.05, 3.63) is 48.6 Å². The molecule has 1 aromatic carbocycles. The topological polar surface area (TPSA) is 46.2 Å². The summed E-state index contributed by atoms with van der Waals surface area (Å²) < 4.78 is 25.2. The summed E-state index contributed by atoms with van der Waals surface area (Å²) in [6.07, 6.45) is 2.91. The monoisotopic (exact) mass is 239 g/mol. The Balaban J connectivity index is 3.02. The average Bonchev–Trinajstić information content (AvgIpc) is 2.25. The highest BCUT2D eigenvalue weighted by molar-refractivity contribution is 7.88. The number of nitrogens with one attached hydrogen (secondary N) is 1. The highest BCUT2D eigenvalue weighted by Crippen LogP contribution is 2.23. The molecule has 0 heterocycles. The van der Waals surface area contributed by atoms with Crippen molar-refractivity contribution < 1.29 is 8.42 Å². The quantitative estimate of drug-likeness (QED) is 0.800. The van der Waals surface area contributed by atoms with Crippen molar-refractivity contribution in [2.75, 3.05) is 6.26 Å². The fourth-order valence-electron chi connectivity index (χ4n) is 1.51. The SMILES string of the molecule is C=C[C@H](C)[C@H](NS(C)(=O)=O)c1ccccc1. The molecular formula is C12H17NO2S. The van der Waals surface area contributed by atoms with Crippen LogP contribution >= 0.6 is 0 Å². The number of benzene rings is 1. The van der Waals surface area contributed by atoms with E-state index in [4.69, 9.17) is 0 Å². The molecule has 0 aliphatic rings. The molecule has 3 nitrogen and oxygen atoms in total. The van der Waals surface area contributed by atoms with E-state index in [1.807, 2.05) is 37.3 Å². The third-order valence-electron chi connectivity index (χ3n) is 2.40. The van der Waals surface area contributed by atoms with Crippen LogP contribution in [0.15, 0.2) is 43.0 Å². The zero-order valence-electron chi connectivity index (χ0n) is 9.55. The molecular weight excluding hydrogens is 222 g/mol. The Labute approximate surface area is 97.2 Å². The Morgan fingerprint density at radius 1 is 1.31 bits per heavy atom. The lowest BCUT2D eigenvalue weighted by Gasteiger charge is -2.22. The zero-order valence-corrected chi connectivity index (χ0v) is 10.4. The third kappa shape index (κ3) is 3.79. The fraction of sp³-hybridized carbons (Fsp3) is 0.333. The van der Waals surface area contributed by atoms with Crippen molar-refractivity contribution in [3.8, 4) is 0 Å². The van der Waals surface area contributed by atoms with Gasteiger partial charge in [-0.05, 0) is 11.5 Å². The molecule has 0 unspecified atom stereocenters. The summed E-state index contributed by atoms with van der Waals surface area (Å²) in [4.78, 5) is 0. The second-order valence-electron chi connectivity index (χ2n) is 3.87. The minimum absolute atomic E-state index is 0.0390. The molecule has 0 saturated carbocycles. The number of sulfonamides is 1. The molecule has 16 heavy (non-hydrogen) atoms. The molecule has 0 spiro atoms. The van der Waals surface area contributed by atoms with Crippen molar-refractivity contribution in [2.45, 2.75) is 13.0 Å². The largest absolute Gasteiger partial charge is 0.213 e. The maximum Gasteiger partial charge on any atom is 0.209 e. The van der Waals surface area contributed by atoms with Crippen molar-refractivity contribution >= 4 is 10.0 Å². The molecule has 1 N–H and O–H groups in total. The van der Waals surface area contributed by atoms with E-state index in [0.29, 0.717) is 0 Å². The summed E-state index contributed by atoms with van der Waals surface area (Å²) in [7, 11) is -3.22. The van der Waals surface area contributed by atoms with Crippen molar-refractivity contribution in [1.82, 2.24) is 4.72 Å². The molecule has 0 aromatic heterocycles. The van der Waals surface area contributed by atoms with Gasteiger partial charge in [0.15, 0.2) is 0 Å². The standard InChI is InChI=1S/C12H17NO2S/c1-4-10(2)12(13-16(3,14)15)11-8-6-5-7-9-11/h4-10,12-13H,1H2,2-3H3/t10-,12-/m0/s1. The minimum atomic E-state index is -3.22. The lowest BCUT2D eigenvalue weighted by atomic mass is 9.96.